The molecule has 2 heterocycles. The van der Waals surface area contributed by atoms with Gasteiger partial charge in [0.25, 0.3) is 0 Å². The van der Waals surface area contributed by atoms with Crippen LogP contribution in [-0.2, 0) is 9.59 Å². The minimum atomic E-state index is -0.763. The molecule has 1 aliphatic rings. The van der Waals surface area contributed by atoms with Crippen molar-refractivity contribution in [3.8, 4) is 5.69 Å². The molecule has 26 heavy (non-hydrogen) atoms. The zero-order valence-corrected chi connectivity index (χ0v) is 15.5. The lowest BCUT2D eigenvalue weighted by Gasteiger charge is -2.31. The minimum absolute atomic E-state index is 0.0576. The van der Waals surface area contributed by atoms with Gasteiger partial charge in [-0.25, -0.2) is 0 Å². The number of nitrogens with zero attached hydrogens (tertiary/aromatic N) is 4. The maximum atomic E-state index is 12.4. The lowest BCUT2D eigenvalue weighted by Crippen LogP contribution is -2.39. The molecule has 1 aromatic heterocycles. The number of rotatable bonds is 6. The maximum Gasteiger partial charge on any atom is 0.303 e. The molecule has 0 radical (unpaired) electrons. The third-order valence-corrected chi connectivity index (χ3v) is 5.51. The second-order valence-electron chi connectivity index (χ2n) is 6.53. The molecule has 1 fully saturated rings. The number of amides is 1. The van der Waals surface area contributed by atoms with Crippen LogP contribution in [0.4, 0.5) is 0 Å². The summed E-state index contributed by atoms with van der Waals surface area (Å²) >= 11 is 1.37. The number of aliphatic carboxylic acids is 1. The number of carbonyl (C=O) groups is 2. The molecule has 0 atom stereocenters. The standard InChI is InChI=1S/C18H22N4O3S/c1-13-2-4-15(5-3-13)22-12-19-20-18(22)26-11-16(23)21-8-6-14(7-9-21)10-17(24)25/h2-5,12,14H,6-11H2,1H3,(H,24,25). The van der Waals surface area contributed by atoms with E-state index in [1.165, 1.54) is 17.3 Å². The Morgan fingerprint density at radius 3 is 2.58 bits per heavy atom. The number of carbonyl (C=O) groups excluding carboxylic acids is 1. The number of aryl methyl sites for hydroxylation is 1. The summed E-state index contributed by atoms with van der Waals surface area (Å²) in [6, 6.07) is 8.04. The van der Waals surface area contributed by atoms with Crippen LogP contribution in [0, 0.1) is 12.8 Å². The summed E-state index contributed by atoms with van der Waals surface area (Å²) in [5.41, 5.74) is 2.14. The fourth-order valence-corrected chi connectivity index (χ4v) is 3.89. The van der Waals surface area contributed by atoms with Gasteiger partial charge in [0.2, 0.25) is 5.91 Å². The van der Waals surface area contributed by atoms with Crippen LogP contribution in [0.3, 0.4) is 0 Å². The highest BCUT2D eigenvalue weighted by atomic mass is 32.2. The molecule has 0 spiro atoms. The van der Waals surface area contributed by atoms with Gasteiger partial charge in [-0.15, -0.1) is 10.2 Å². The second kappa shape index (κ2) is 8.35. The molecule has 8 heteroatoms. The van der Waals surface area contributed by atoms with Crippen molar-refractivity contribution in [3.05, 3.63) is 36.2 Å². The Balaban J connectivity index is 1.54. The first kappa shape index (κ1) is 18.4. The topological polar surface area (TPSA) is 88.3 Å². The molecule has 1 N–H and O–H groups in total. The highest BCUT2D eigenvalue weighted by Crippen LogP contribution is 2.23. The average Bonchev–Trinajstić information content (AvgIpc) is 3.09. The van der Waals surface area contributed by atoms with Crippen molar-refractivity contribution in [3.63, 3.8) is 0 Å². The van der Waals surface area contributed by atoms with Crippen LogP contribution >= 0.6 is 11.8 Å². The molecule has 0 unspecified atom stereocenters. The third kappa shape index (κ3) is 4.63. The van der Waals surface area contributed by atoms with E-state index in [1.807, 2.05) is 40.7 Å². The number of hydrogen-bond donors (Lipinski definition) is 1. The summed E-state index contributed by atoms with van der Waals surface area (Å²) in [5.74, 6) is -0.231. The van der Waals surface area contributed by atoms with Gasteiger partial charge < -0.3 is 10.0 Å². The monoisotopic (exact) mass is 374 g/mol. The van der Waals surface area contributed by atoms with E-state index in [4.69, 9.17) is 5.11 Å². The fourth-order valence-electron chi connectivity index (χ4n) is 3.06. The van der Waals surface area contributed by atoms with Gasteiger partial charge in [-0.2, -0.15) is 0 Å². The Morgan fingerprint density at radius 1 is 1.23 bits per heavy atom. The van der Waals surface area contributed by atoms with Crippen molar-refractivity contribution in [1.29, 1.82) is 0 Å². The van der Waals surface area contributed by atoms with Crippen molar-refractivity contribution < 1.29 is 14.7 Å². The molecule has 0 bridgehead atoms. The first-order valence-electron chi connectivity index (χ1n) is 8.62. The number of likely N-dealkylation sites (tertiary alicyclic amines) is 1. The smallest absolute Gasteiger partial charge is 0.303 e. The van der Waals surface area contributed by atoms with E-state index in [0.29, 0.717) is 24.0 Å². The van der Waals surface area contributed by atoms with Gasteiger partial charge in [-0.05, 0) is 37.8 Å². The van der Waals surface area contributed by atoms with Crippen LogP contribution in [0.15, 0.2) is 35.7 Å². The molecule has 1 amide bonds. The summed E-state index contributed by atoms with van der Waals surface area (Å²) in [6.45, 7) is 3.29. The number of aromatic nitrogens is 3. The predicted molar refractivity (Wildman–Crippen MR) is 98.4 cm³/mol. The van der Waals surface area contributed by atoms with Gasteiger partial charge in [0, 0.05) is 25.2 Å². The quantitative estimate of drug-likeness (QED) is 0.781. The Hall–Kier alpha value is -2.35. The fraction of sp³-hybridized carbons (Fsp3) is 0.444. The van der Waals surface area contributed by atoms with E-state index >= 15 is 0 Å². The third-order valence-electron chi connectivity index (χ3n) is 4.58. The Morgan fingerprint density at radius 2 is 1.92 bits per heavy atom. The molecule has 2 aromatic rings. The molecule has 1 saturated heterocycles. The van der Waals surface area contributed by atoms with Crippen LogP contribution in [0.2, 0.25) is 0 Å². The molecule has 7 nitrogen and oxygen atoms in total. The second-order valence-corrected chi connectivity index (χ2v) is 7.47. The SMILES string of the molecule is Cc1ccc(-n2cnnc2SCC(=O)N2CCC(CC(=O)O)CC2)cc1. The summed E-state index contributed by atoms with van der Waals surface area (Å²) in [7, 11) is 0. The van der Waals surface area contributed by atoms with Gasteiger partial charge in [0.15, 0.2) is 5.16 Å². The van der Waals surface area contributed by atoms with E-state index in [2.05, 4.69) is 10.2 Å². The van der Waals surface area contributed by atoms with E-state index in [-0.39, 0.29) is 18.2 Å². The summed E-state index contributed by atoms with van der Waals surface area (Å²) in [4.78, 5) is 25.0. The number of thioether (sulfide) groups is 1. The summed E-state index contributed by atoms with van der Waals surface area (Å²) in [6.07, 6.45) is 3.34. The number of carboxylic acid groups (broad SMARTS) is 1. The predicted octanol–water partition coefficient (Wildman–Crippen LogP) is 2.38. The average molecular weight is 374 g/mol. The largest absolute Gasteiger partial charge is 0.481 e. The maximum absolute atomic E-state index is 12.4. The van der Waals surface area contributed by atoms with E-state index in [1.54, 1.807) is 6.33 Å². The number of benzene rings is 1. The highest BCUT2D eigenvalue weighted by Gasteiger charge is 2.24. The lowest BCUT2D eigenvalue weighted by molar-refractivity contribution is -0.138. The minimum Gasteiger partial charge on any atom is -0.481 e. The molecule has 0 saturated carbocycles. The molecular weight excluding hydrogens is 352 g/mol. The Labute approximate surface area is 156 Å². The van der Waals surface area contributed by atoms with Gasteiger partial charge in [0.05, 0.1) is 5.75 Å². The van der Waals surface area contributed by atoms with Crippen molar-refractivity contribution in [1.82, 2.24) is 19.7 Å². The first-order valence-corrected chi connectivity index (χ1v) is 9.61. The molecule has 1 aromatic carbocycles. The molecular formula is C18H22N4O3S. The lowest BCUT2D eigenvalue weighted by atomic mass is 9.94. The first-order chi connectivity index (χ1) is 12.5. The van der Waals surface area contributed by atoms with E-state index in [9.17, 15) is 9.59 Å². The zero-order chi connectivity index (χ0) is 18.5. The molecule has 3 rings (SSSR count). The molecule has 0 aliphatic carbocycles. The van der Waals surface area contributed by atoms with Gasteiger partial charge in [-0.3, -0.25) is 14.2 Å². The summed E-state index contributed by atoms with van der Waals surface area (Å²) < 4.78 is 1.87. The highest BCUT2D eigenvalue weighted by molar-refractivity contribution is 7.99. The van der Waals surface area contributed by atoms with Crippen LogP contribution in [-0.4, -0.2) is 55.5 Å². The van der Waals surface area contributed by atoms with Crippen molar-refractivity contribution in [2.45, 2.75) is 31.3 Å². The van der Waals surface area contributed by atoms with Crippen molar-refractivity contribution in [2.75, 3.05) is 18.8 Å². The van der Waals surface area contributed by atoms with Gasteiger partial charge >= 0.3 is 5.97 Å². The van der Waals surface area contributed by atoms with Crippen LogP contribution in [0.5, 0.6) is 0 Å². The van der Waals surface area contributed by atoms with Crippen molar-refractivity contribution in [2.24, 2.45) is 5.92 Å². The van der Waals surface area contributed by atoms with Crippen molar-refractivity contribution >= 4 is 23.6 Å². The van der Waals surface area contributed by atoms with Gasteiger partial charge in [-0.1, -0.05) is 29.5 Å². The number of hydrogen-bond acceptors (Lipinski definition) is 5. The number of carboxylic acids is 1. The van der Waals surface area contributed by atoms with Crippen LogP contribution < -0.4 is 0 Å². The van der Waals surface area contributed by atoms with E-state index < -0.39 is 5.97 Å². The number of piperidine rings is 1. The normalized spacial score (nSPS) is 15.2. The molecule has 138 valence electrons. The van der Waals surface area contributed by atoms with Crippen LogP contribution in [0.25, 0.3) is 5.69 Å². The van der Waals surface area contributed by atoms with E-state index in [0.717, 1.165) is 18.5 Å². The Kier molecular flexibility index (Phi) is 5.92. The Bertz CT molecular complexity index is 767. The summed E-state index contributed by atoms with van der Waals surface area (Å²) in [5, 5.41) is 17.6. The zero-order valence-electron chi connectivity index (χ0n) is 14.7. The van der Waals surface area contributed by atoms with Crippen LogP contribution in [0.1, 0.15) is 24.8 Å². The van der Waals surface area contributed by atoms with Gasteiger partial charge in [0.1, 0.15) is 6.33 Å². The molecule has 1 aliphatic heterocycles.